The molecule has 0 heterocycles. The average molecular weight is 315 g/mol. The fourth-order valence-corrected chi connectivity index (χ4v) is 2.49. The third-order valence-corrected chi connectivity index (χ3v) is 3.91. The van der Waals surface area contributed by atoms with E-state index in [4.69, 9.17) is 16.1 Å². The maximum Gasteiger partial charge on any atom is 0.481 e. The quantitative estimate of drug-likeness (QED) is 0.466. The topological polar surface area (TPSA) is 113 Å². The lowest BCUT2D eigenvalue weighted by molar-refractivity contribution is 0.191. The summed E-state index contributed by atoms with van der Waals surface area (Å²) in [5, 5.41) is 0. The summed E-state index contributed by atoms with van der Waals surface area (Å²) in [5.41, 5.74) is 1.91. The average Bonchev–Trinajstić information content (AvgIpc) is 2.10. The van der Waals surface area contributed by atoms with Crippen molar-refractivity contribution in [3.8, 4) is 0 Å². The van der Waals surface area contributed by atoms with Gasteiger partial charge in [0.15, 0.2) is 0 Å². The summed E-state index contributed by atoms with van der Waals surface area (Å²) in [7, 11) is -10.1. The first kappa shape index (κ1) is 16.8. The smallest absolute Gasteiger partial charge is 0.302 e. The molecule has 0 saturated heterocycles. The van der Waals surface area contributed by atoms with Crippen LogP contribution in [0.2, 0.25) is 0 Å². The molecule has 0 saturated carbocycles. The van der Waals surface area contributed by atoms with Crippen LogP contribution in [0.3, 0.4) is 0 Å². The highest BCUT2D eigenvalue weighted by Crippen LogP contribution is 2.57. The number of hydrogen-bond acceptors (Lipinski definition) is 4. The fourth-order valence-electron chi connectivity index (χ4n) is 1.05. The van der Waals surface area contributed by atoms with Crippen molar-refractivity contribution in [1.29, 1.82) is 0 Å². The zero-order valence-corrected chi connectivity index (χ0v) is 12.8. The van der Waals surface area contributed by atoms with Gasteiger partial charge in [0.25, 0.3) is 0 Å². The Morgan fingerprint density at radius 2 is 1.79 bits per heavy atom. The van der Waals surface area contributed by atoms with Crippen LogP contribution in [0.25, 0.3) is 0 Å². The molecule has 0 aliphatic heterocycles. The van der Waals surface area contributed by atoms with Gasteiger partial charge >= 0.3 is 15.6 Å². The van der Waals surface area contributed by atoms with E-state index in [-0.39, 0.29) is 0 Å². The normalized spacial score (nSPS) is 18.4. The first-order valence-electron chi connectivity index (χ1n) is 6.00. The molecule has 0 radical (unpaired) electrons. The minimum atomic E-state index is -5.16. The highest BCUT2D eigenvalue weighted by molar-refractivity contribution is 7.60. The summed E-state index contributed by atoms with van der Waals surface area (Å²) < 4.78 is 36.9. The molecule has 0 amide bonds. The largest absolute Gasteiger partial charge is 0.481 e. The van der Waals surface area contributed by atoms with E-state index in [9.17, 15) is 9.13 Å². The Kier molecular flexibility index (Phi) is 7.18. The molecule has 0 rings (SSSR count). The molecule has 9 heteroatoms. The van der Waals surface area contributed by atoms with E-state index in [0.29, 0.717) is 6.42 Å². The summed E-state index contributed by atoms with van der Waals surface area (Å²) in [6.45, 7) is 4.08. The van der Waals surface area contributed by atoms with Gasteiger partial charge in [0, 0.05) is 0 Å². The van der Waals surface area contributed by atoms with E-state index in [1.54, 1.807) is 6.92 Å². The van der Waals surface area contributed by atoms with Gasteiger partial charge < -0.3 is 14.7 Å². The Bertz CT molecular complexity index is 464. The van der Waals surface area contributed by atoms with Crippen molar-refractivity contribution in [1.82, 2.24) is 0 Å². The summed E-state index contributed by atoms with van der Waals surface area (Å²) in [4.78, 5) is 25.9. The molecule has 0 aromatic carbocycles. The highest BCUT2D eigenvalue weighted by atomic mass is 31.3. The lowest BCUT2D eigenvalue weighted by Gasteiger charge is -2.11. The van der Waals surface area contributed by atoms with Crippen LogP contribution in [0.1, 0.15) is 35.0 Å². The predicted molar refractivity (Wildman–Crippen MR) is 71.3 cm³/mol. The lowest BCUT2D eigenvalue weighted by Crippen LogP contribution is -1.94. The summed E-state index contributed by atoms with van der Waals surface area (Å²) in [5.74, 6) is 0. The summed E-state index contributed by atoms with van der Waals surface area (Å²) >= 11 is 0. The van der Waals surface area contributed by atoms with E-state index in [1.165, 1.54) is 6.08 Å². The van der Waals surface area contributed by atoms with E-state index < -0.39 is 22.2 Å². The minimum absolute atomic E-state index is 0.638. The number of allylic oxidation sites excluding steroid dienone is 3. The molecule has 112 valence electrons. The lowest BCUT2D eigenvalue weighted by atomic mass is 10.1. The van der Waals surface area contributed by atoms with Gasteiger partial charge in [-0.15, -0.1) is 0 Å². The van der Waals surface area contributed by atoms with Gasteiger partial charge in [0.1, 0.15) is 0 Å². The second-order valence-corrected chi connectivity index (χ2v) is 6.90. The maximum atomic E-state index is 11.2. The van der Waals surface area contributed by atoms with Gasteiger partial charge in [0.2, 0.25) is 0 Å². The Morgan fingerprint density at radius 1 is 1.21 bits per heavy atom. The van der Waals surface area contributed by atoms with Crippen LogP contribution >= 0.6 is 15.6 Å². The standard InChI is InChI=1S/C10H20O7P2/c1-9(2)5-4-6-10(3)7-8-16-19(14,15)17-18(11,12)13/h5,7H,4,6,8H2,1-3H3,(H,14,15)(H2,11,12,13)/b10-7+/i8D/t8-/m1/s1. The van der Waals surface area contributed by atoms with E-state index in [2.05, 4.69) is 8.83 Å². The van der Waals surface area contributed by atoms with E-state index >= 15 is 0 Å². The first-order valence-corrected chi connectivity index (χ1v) is 8.45. The van der Waals surface area contributed by atoms with Crippen LogP contribution in [-0.2, 0) is 18.0 Å². The van der Waals surface area contributed by atoms with E-state index in [1.807, 2.05) is 19.9 Å². The molecule has 19 heavy (non-hydrogen) atoms. The molecule has 0 aliphatic rings. The van der Waals surface area contributed by atoms with Crippen molar-refractivity contribution in [3.05, 3.63) is 23.3 Å². The maximum absolute atomic E-state index is 11.2. The van der Waals surface area contributed by atoms with Crippen molar-refractivity contribution in [2.24, 2.45) is 0 Å². The highest BCUT2D eigenvalue weighted by Gasteiger charge is 2.31. The van der Waals surface area contributed by atoms with Crippen LogP contribution < -0.4 is 0 Å². The molecule has 7 nitrogen and oxygen atoms in total. The Morgan fingerprint density at radius 3 is 2.26 bits per heavy atom. The Hall–Kier alpha value is -0.260. The van der Waals surface area contributed by atoms with Crippen molar-refractivity contribution < 1.29 is 34.0 Å². The van der Waals surface area contributed by atoms with Gasteiger partial charge in [-0.05, 0) is 33.6 Å². The van der Waals surface area contributed by atoms with Crippen molar-refractivity contribution in [3.63, 3.8) is 0 Å². The van der Waals surface area contributed by atoms with E-state index in [0.717, 1.165) is 17.6 Å². The van der Waals surface area contributed by atoms with Crippen LogP contribution in [0.15, 0.2) is 23.3 Å². The number of hydrogen-bond donors (Lipinski definition) is 3. The van der Waals surface area contributed by atoms with Gasteiger partial charge in [-0.1, -0.05) is 23.3 Å². The summed E-state index contributed by atoms with van der Waals surface area (Å²) in [6.07, 6.45) is 4.67. The summed E-state index contributed by atoms with van der Waals surface area (Å²) in [6, 6.07) is 0. The van der Waals surface area contributed by atoms with Crippen molar-refractivity contribution in [2.75, 3.05) is 6.58 Å². The Balaban J connectivity index is 4.46. The van der Waals surface area contributed by atoms with Crippen LogP contribution in [0.5, 0.6) is 0 Å². The zero-order chi connectivity index (χ0) is 16.0. The van der Waals surface area contributed by atoms with Crippen molar-refractivity contribution in [2.45, 2.75) is 33.6 Å². The molecular weight excluding hydrogens is 294 g/mol. The zero-order valence-electron chi connectivity index (χ0n) is 12.0. The third-order valence-electron chi connectivity index (χ3n) is 1.85. The molecular formula is C10H20O7P2. The minimum Gasteiger partial charge on any atom is -0.302 e. The monoisotopic (exact) mass is 315 g/mol. The molecule has 2 atom stereocenters. The molecule has 1 unspecified atom stereocenters. The molecule has 0 aliphatic carbocycles. The fraction of sp³-hybridized carbons (Fsp3) is 0.600. The second kappa shape index (κ2) is 8.12. The SMILES string of the molecule is [2H][C@H](/C=C(\C)CCC=C(C)C)OP(=O)(O)OP(=O)(O)O. The van der Waals surface area contributed by atoms with Gasteiger partial charge in [-0.3, -0.25) is 4.52 Å². The molecule has 0 aromatic rings. The molecule has 3 N–H and O–H groups in total. The second-order valence-electron chi connectivity index (χ2n) is 4.12. The van der Waals surface area contributed by atoms with Crippen LogP contribution in [0.4, 0.5) is 0 Å². The van der Waals surface area contributed by atoms with Crippen LogP contribution in [0, 0.1) is 0 Å². The Labute approximate surface area is 114 Å². The molecule has 0 fully saturated rings. The molecule has 0 spiro atoms. The number of rotatable bonds is 8. The van der Waals surface area contributed by atoms with Crippen LogP contribution in [-0.4, -0.2) is 21.3 Å². The van der Waals surface area contributed by atoms with Gasteiger partial charge in [0.05, 0.1) is 7.95 Å². The molecule has 0 bridgehead atoms. The number of phosphoric ester groups is 1. The number of phosphoric acid groups is 2. The predicted octanol–water partition coefficient (Wildman–Crippen LogP) is 2.91. The van der Waals surface area contributed by atoms with Gasteiger partial charge in [-0.2, -0.15) is 4.31 Å². The van der Waals surface area contributed by atoms with Crippen molar-refractivity contribution >= 4 is 15.6 Å². The first-order chi connectivity index (χ1) is 8.91. The van der Waals surface area contributed by atoms with Gasteiger partial charge in [-0.25, -0.2) is 9.13 Å². The third kappa shape index (κ3) is 12.5. The molecule has 0 aromatic heterocycles.